The minimum Gasteiger partial charge on any atom is -0.461 e. The van der Waals surface area contributed by atoms with Gasteiger partial charge in [0.2, 0.25) is 0 Å². The van der Waals surface area contributed by atoms with Crippen LogP contribution in [0.1, 0.15) is 41.9 Å². The second kappa shape index (κ2) is 6.12. The van der Waals surface area contributed by atoms with Crippen LogP contribution >= 0.6 is 0 Å². The van der Waals surface area contributed by atoms with Crippen LogP contribution < -0.4 is 0 Å². The number of methoxy groups -OCH3 is 1. The predicted molar refractivity (Wildman–Crippen MR) is 65.8 cm³/mol. The quantitative estimate of drug-likeness (QED) is 0.718. The number of hydrogen-bond acceptors (Lipinski definition) is 6. The van der Waals surface area contributed by atoms with Crippen molar-refractivity contribution in [2.75, 3.05) is 20.3 Å². The molecule has 1 N–H and O–H groups in total. The van der Waals surface area contributed by atoms with Crippen molar-refractivity contribution in [3.05, 3.63) is 11.4 Å². The topological polar surface area (TPSA) is 86.5 Å². The van der Waals surface area contributed by atoms with Gasteiger partial charge in [0.1, 0.15) is 0 Å². The molecule has 0 radical (unpaired) electrons. The van der Waals surface area contributed by atoms with Gasteiger partial charge >= 0.3 is 5.97 Å². The van der Waals surface area contributed by atoms with E-state index in [0.717, 1.165) is 18.5 Å². The molecule has 1 heterocycles. The summed E-state index contributed by atoms with van der Waals surface area (Å²) in [5, 5.41) is 17.6. The molecular weight excluding hydrogens is 250 g/mol. The molecule has 0 aliphatic heterocycles. The van der Waals surface area contributed by atoms with Crippen molar-refractivity contribution in [3.8, 4) is 0 Å². The number of carbonyl (C=O) groups excluding carboxylic acids is 1. The van der Waals surface area contributed by atoms with E-state index in [9.17, 15) is 9.90 Å². The molecular formula is C12H19N3O4. The number of aliphatic hydroxyl groups excluding tert-OH is 1. The summed E-state index contributed by atoms with van der Waals surface area (Å²) in [6.45, 7) is 2.55. The molecule has 0 amide bonds. The number of carbonyl (C=O) groups is 1. The molecule has 1 aliphatic rings. The average molecular weight is 269 g/mol. The van der Waals surface area contributed by atoms with E-state index in [-0.39, 0.29) is 18.8 Å². The van der Waals surface area contributed by atoms with Crippen LogP contribution in [0.3, 0.4) is 0 Å². The minimum atomic E-state index is -0.667. The van der Waals surface area contributed by atoms with Crippen LogP contribution in [0.2, 0.25) is 0 Å². The zero-order valence-corrected chi connectivity index (χ0v) is 11.2. The van der Waals surface area contributed by atoms with Crippen LogP contribution in [0.4, 0.5) is 0 Å². The van der Waals surface area contributed by atoms with Crippen molar-refractivity contribution in [1.29, 1.82) is 0 Å². The first-order chi connectivity index (χ1) is 9.17. The third kappa shape index (κ3) is 3.30. The third-order valence-electron chi connectivity index (χ3n) is 2.95. The second-order valence-corrected chi connectivity index (χ2v) is 4.61. The fourth-order valence-electron chi connectivity index (χ4n) is 2.01. The van der Waals surface area contributed by atoms with Gasteiger partial charge in [0.25, 0.3) is 0 Å². The van der Waals surface area contributed by atoms with Gasteiger partial charge in [0.15, 0.2) is 5.69 Å². The Labute approximate surface area is 111 Å². The molecule has 1 unspecified atom stereocenters. The van der Waals surface area contributed by atoms with E-state index in [1.54, 1.807) is 11.6 Å². The van der Waals surface area contributed by atoms with Crippen LogP contribution in [0.15, 0.2) is 0 Å². The zero-order valence-electron chi connectivity index (χ0n) is 11.2. The summed E-state index contributed by atoms with van der Waals surface area (Å²) in [4.78, 5) is 11.8. The molecule has 1 fully saturated rings. The maximum Gasteiger partial charge on any atom is 0.360 e. The standard InChI is InChI=1S/C12H19N3O4/c1-3-19-12(17)10-11(8-4-5-8)15(14-13-10)6-9(16)7-18-2/h8-9,16H,3-7H2,1-2H3. The number of ether oxygens (including phenoxy) is 2. The van der Waals surface area contributed by atoms with E-state index in [1.807, 2.05) is 0 Å². The number of esters is 1. The van der Waals surface area contributed by atoms with Gasteiger partial charge in [0, 0.05) is 13.0 Å². The van der Waals surface area contributed by atoms with Crippen LogP contribution in [-0.4, -0.2) is 52.5 Å². The lowest BCUT2D eigenvalue weighted by atomic mass is 10.2. The lowest BCUT2D eigenvalue weighted by molar-refractivity contribution is 0.0497. The van der Waals surface area contributed by atoms with Gasteiger partial charge < -0.3 is 14.6 Å². The largest absolute Gasteiger partial charge is 0.461 e. The first kappa shape index (κ1) is 14.0. The lowest BCUT2D eigenvalue weighted by Gasteiger charge is -2.11. The smallest absolute Gasteiger partial charge is 0.360 e. The summed E-state index contributed by atoms with van der Waals surface area (Å²) >= 11 is 0. The van der Waals surface area contributed by atoms with Crippen LogP contribution in [0.5, 0.6) is 0 Å². The summed E-state index contributed by atoms with van der Waals surface area (Å²) in [6.07, 6.45) is 1.36. The third-order valence-corrected chi connectivity index (χ3v) is 2.95. The molecule has 0 saturated heterocycles. The van der Waals surface area contributed by atoms with Gasteiger partial charge in [-0.2, -0.15) is 0 Å². The summed E-state index contributed by atoms with van der Waals surface area (Å²) in [5.41, 5.74) is 1.04. The van der Waals surface area contributed by atoms with E-state index in [1.165, 1.54) is 7.11 Å². The van der Waals surface area contributed by atoms with E-state index in [4.69, 9.17) is 9.47 Å². The molecule has 1 saturated carbocycles. The van der Waals surface area contributed by atoms with Gasteiger partial charge in [-0.05, 0) is 19.8 Å². The maximum absolute atomic E-state index is 11.8. The summed E-state index contributed by atoms with van der Waals surface area (Å²) < 4.78 is 11.4. The minimum absolute atomic E-state index is 0.221. The zero-order chi connectivity index (χ0) is 13.8. The highest BCUT2D eigenvalue weighted by atomic mass is 16.5. The maximum atomic E-state index is 11.8. The highest BCUT2D eigenvalue weighted by Gasteiger charge is 2.34. The number of rotatable bonds is 7. The van der Waals surface area contributed by atoms with Crippen molar-refractivity contribution in [2.45, 2.75) is 38.3 Å². The Bertz CT molecular complexity index is 442. The van der Waals surface area contributed by atoms with Crippen LogP contribution in [0, 0.1) is 0 Å². The Kier molecular flexibility index (Phi) is 4.49. The monoisotopic (exact) mass is 269 g/mol. The Hall–Kier alpha value is -1.47. The highest BCUT2D eigenvalue weighted by molar-refractivity contribution is 5.88. The average Bonchev–Trinajstić information content (AvgIpc) is 3.12. The number of aromatic nitrogens is 3. The van der Waals surface area contributed by atoms with Crippen molar-refractivity contribution in [2.24, 2.45) is 0 Å². The normalized spacial score (nSPS) is 16.4. The molecule has 1 atom stereocenters. The second-order valence-electron chi connectivity index (χ2n) is 4.61. The van der Waals surface area contributed by atoms with Crippen molar-refractivity contribution in [3.63, 3.8) is 0 Å². The molecule has 2 rings (SSSR count). The molecule has 106 valence electrons. The Morgan fingerprint density at radius 2 is 2.32 bits per heavy atom. The molecule has 0 spiro atoms. The van der Waals surface area contributed by atoms with Crippen molar-refractivity contribution in [1.82, 2.24) is 15.0 Å². The Balaban J connectivity index is 2.17. The van der Waals surface area contributed by atoms with E-state index < -0.39 is 12.1 Å². The van der Waals surface area contributed by atoms with Crippen LogP contribution in [0.25, 0.3) is 0 Å². The van der Waals surface area contributed by atoms with Gasteiger partial charge in [-0.15, -0.1) is 5.10 Å². The Morgan fingerprint density at radius 3 is 2.89 bits per heavy atom. The fraction of sp³-hybridized carbons (Fsp3) is 0.750. The molecule has 1 aromatic rings. The van der Waals surface area contributed by atoms with Crippen molar-refractivity contribution < 1.29 is 19.4 Å². The molecule has 0 bridgehead atoms. The van der Waals surface area contributed by atoms with E-state index in [0.29, 0.717) is 12.5 Å². The first-order valence-electron chi connectivity index (χ1n) is 6.44. The van der Waals surface area contributed by atoms with Gasteiger partial charge in [-0.1, -0.05) is 5.21 Å². The van der Waals surface area contributed by atoms with Gasteiger partial charge in [0.05, 0.1) is 31.6 Å². The molecule has 1 aliphatic carbocycles. The highest BCUT2D eigenvalue weighted by Crippen LogP contribution is 2.41. The summed E-state index contributed by atoms with van der Waals surface area (Å²) in [5.74, 6) is -0.152. The van der Waals surface area contributed by atoms with Crippen molar-refractivity contribution >= 4 is 5.97 Å². The fourth-order valence-corrected chi connectivity index (χ4v) is 2.01. The number of hydrogen-bond donors (Lipinski definition) is 1. The summed E-state index contributed by atoms with van der Waals surface area (Å²) in [6, 6.07) is 0. The van der Waals surface area contributed by atoms with Crippen LogP contribution in [-0.2, 0) is 16.0 Å². The Morgan fingerprint density at radius 1 is 1.58 bits per heavy atom. The van der Waals surface area contributed by atoms with E-state index in [2.05, 4.69) is 10.3 Å². The molecule has 19 heavy (non-hydrogen) atoms. The molecule has 7 nitrogen and oxygen atoms in total. The van der Waals surface area contributed by atoms with Gasteiger partial charge in [-0.3, -0.25) is 0 Å². The molecule has 7 heteroatoms. The predicted octanol–water partition coefficient (Wildman–Crippen LogP) is 0.339. The van der Waals surface area contributed by atoms with Gasteiger partial charge in [-0.25, -0.2) is 9.48 Å². The molecule has 0 aromatic carbocycles. The lowest BCUT2D eigenvalue weighted by Crippen LogP contribution is -2.23. The number of aliphatic hydroxyl groups is 1. The number of nitrogens with zero attached hydrogens (tertiary/aromatic N) is 3. The van der Waals surface area contributed by atoms with E-state index >= 15 is 0 Å². The first-order valence-corrected chi connectivity index (χ1v) is 6.44. The molecule has 1 aromatic heterocycles. The SMILES string of the molecule is CCOC(=O)c1nnn(CC(O)COC)c1C1CC1. The summed E-state index contributed by atoms with van der Waals surface area (Å²) in [7, 11) is 1.52.